The Hall–Kier alpha value is -2.57. The van der Waals surface area contributed by atoms with Crippen molar-refractivity contribution in [3.05, 3.63) is 64.1 Å². The lowest BCUT2D eigenvalue weighted by atomic mass is 10.1. The first-order valence-electron chi connectivity index (χ1n) is 9.93. The van der Waals surface area contributed by atoms with Crippen LogP contribution in [0.2, 0.25) is 5.02 Å². The van der Waals surface area contributed by atoms with E-state index in [0.717, 1.165) is 40.9 Å². The fourth-order valence-corrected chi connectivity index (χ4v) is 4.79. The zero-order valence-electron chi connectivity index (χ0n) is 17.0. The number of methoxy groups -OCH3 is 1. The molecule has 1 saturated heterocycles. The summed E-state index contributed by atoms with van der Waals surface area (Å²) in [6.07, 6.45) is 1.04. The molecule has 1 aliphatic rings. The number of carbonyl (C=O) groups is 1. The number of para-hydroxylation sites is 1. The van der Waals surface area contributed by atoms with E-state index in [2.05, 4.69) is 22.1 Å². The van der Waals surface area contributed by atoms with E-state index in [0.29, 0.717) is 18.2 Å². The molecule has 0 bridgehead atoms. The van der Waals surface area contributed by atoms with Crippen molar-refractivity contribution < 1.29 is 9.53 Å². The predicted molar refractivity (Wildman–Crippen MR) is 123 cm³/mol. The second-order valence-corrected chi connectivity index (χ2v) is 8.77. The highest BCUT2D eigenvalue weighted by Crippen LogP contribution is 2.32. The van der Waals surface area contributed by atoms with Crippen molar-refractivity contribution in [1.29, 1.82) is 0 Å². The Morgan fingerprint density at radius 2 is 2.17 bits per heavy atom. The van der Waals surface area contributed by atoms with Crippen LogP contribution < -0.4 is 15.0 Å². The molecule has 2 aromatic carbocycles. The molecular weight excluding hydrogens is 418 g/mol. The molecular formula is C23H24ClN3O2S. The number of aryl methyl sites for hydroxylation is 1. The number of thiazole rings is 1. The van der Waals surface area contributed by atoms with Gasteiger partial charge in [0.05, 0.1) is 12.7 Å². The van der Waals surface area contributed by atoms with Crippen molar-refractivity contribution >= 4 is 34.5 Å². The highest BCUT2D eigenvalue weighted by atomic mass is 35.5. The first-order chi connectivity index (χ1) is 14.5. The highest BCUT2D eigenvalue weighted by molar-refractivity contribution is 7.13. The summed E-state index contributed by atoms with van der Waals surface area (Å²) in [4.78, 5) is 19.5. The molecule has 30 heavy (non-hydrogen) atoms. The van der Waals surface area contributed by atoms with Crippen LogP contribution in [0.15, 0.2) is 47.8 Å². The van der Waals surface area contributed by atoms with Crippen molar-refractivity contribution in [2.75, 3.05) is 31.6 Å². The van der Waals surface area contributed by atoms with Gasteiger partial charge in [-0.15, -0.1) is 11.3 Å². The molecule has 0 aliphatic carbocycles. The average molecular weight is 442 g/mol. The van der Waals surface area contributed by atoms with Crippen LogP contribution in [0, 0.1) is 12.8 Å². The maximum Gasteiger partial charge on any atom is 0.270 e. The van der Waals surface area contributed by atoms with Crippen LogP contribution in [-0.2, 0) is 0 Å². The van der Waals surface area contributed by atoms with Gasteiger partial charge >= 0.3 is 0 Å². The number of hydrogen-bond acceptors (Lipinski definition) is 5. The van der Waals surface area contributed by atoms with Crippen LogP contribution in [0.4, 0.5) is 5.69 Å². The van der Waals surface area contributed by atoms with E-state index in [9.17, 15) is 4.79 Å². The van der Waals surface area contributed by atoms with E-state index >= 15 is 0 Å². The summed E-state index contributed by atoms with van der Waals surface area (Å²) in [7, 11) is 1.63. The molecule has 156 valence electrons. The number of anilines is 1. The molecule has 1 unspecified atom stereocenters. The molecule has 1 N–H and O–H groups in total. The van der Waals surface area contributed by atoms with Gasteiger partial charge in [0.2, 0.25) is 0 Å². The molecule has 0 spiro atoms. The lowest BCUT2D eigenvalue weighted by Crippen LogP contribution is -2.31. The standard InChI is InChI=1S/C23H24ClN3O2S/c1-15-7-8-17(24)11-20(15)27-10-9-16(13-27)12-25-22(28)19-14-30-23(26-19)18-5-3-4-6-21(18)29-2/h3-8,11,14,16H,9-10,12-13H2,1-2H3,(H,25,28). The molecule has 4 rings (SSSR count). The monoisotopic (exact) mass is 441 g/mol. The molecule has 1 aromatic heterocycles. The van der Waals surface area contributed by atoms with Gasteiger partial charge in [-0.3, -0.25) is 4.79 Å². The minimum atomic E-state index is -0.134. The molecule has 0 radical (unpaired) electrons. The average Bonchev–Trinajstić information content (AvgIpc) is 3.44. The van der Waals surface area contributed by atoms with Crippen LogP contribution in [-0.4, -0.2) is 37.6 Å². The van der Waals surface area contributed by atoms with E-state index in [1.165, 1.54) is 22.6 Å². The minimum Gasteiger partial charge on any atom is -0.496 e. The summed E-state index contributed by atoms with van der Waals surface area (Å²) in [6, 6.07) is 13.7. The van der Waals surface area contributed by atoms with Crippen LogP contribution >= 0.6 is 22.9 Å². The van der Waals surface area contributed by atoms with Gasteiger partial charge in [0.25, 0.3) is 5.91 Å². The number of amides is 1. The Labute approximate surface area is 185 Å². The van der Waals surface area contributed by atoms with E-state index in [1.54, 1.807) is 12.5 Å². The molecule has 7 heteroatoms. The Morgan fingerprint density at radius 1 is 1.33 bits per heavy atom. The molecule has 0 saturated carbocycles. The number of carbonyl (C=O) groups excluding carboxylic acids is 1. The van der Waals surface area contributed by atoms with Gasteiger partial charge in [0, 0.05) is 35.7 Å². The number of rotatable bonds is 6. The maximum atomic E-state index is 12.6. The molecule has 2 heterocycles. The van der Waals surface area contributed by atoms with Gasteiger partial charge < -0.3 is 15.0 Å². The summed E-state index contributed by atoms with van der Waals surface area (Å²) in [5, 5.41) is 6.38. The Kier molecular flexibility index (Phi) is 6.25. The number of aromatic nitrogens is 1. The van der Waals surface area contributed by atoms with Crippen molar-refractivity contribution in [1.82, 2.24) is 10.3 Å². The zero-order chi connectivity index (χ0) is 21.1. The minimum absolute atomic E-state index is 0.134. The van der Waals surface area contributed by atoms with Gasteiger partial charge in [-0.05, 0) is 49.1 Å². The van der Waals surface area contributed by atoms with Crippen molar-refractivity contribution in [2.45, 2.75) is 13.3 Å². The number of nitrogens with zero attached hydrogens (tertiary/aromatic N) is 2. The quantitative estimate of drug-likeness (QED) is 0.582. The van der Waals surface area contributed by atoms with E-state index in [1.807, 2.05) is 42.5 Å². The van der Waals surface area contributed by atoms with E-state index in [-0.39, 0.29) is 5.91 Å². The lowest BCUT2D eigenvalue weighted by molar-refractivity contribution is 0.0944. The van der Waals surface area contributed by atoms with E-state index < -0.39 is 0 Å². The molecule has 1 atom stereocenters. The van der Waals surface area contributed by atoms with Crippen LogP contribution in [0.1, 0.15) is 22.5 Å². The third-order valence-corrected chi connectivity index (χ3v) is 6.53. The SMILES string of the molecule is COc1ccccc1-c1nc(C(=O)NCC2CCN(c3cc(Cl)ccc3C)C2)cs1. The highest BCUT2D eigenvalue weighted by Gasteiger charge is 2.25. The smallest absolute Gasteiger partial charge is 0.270 e. The normalized spacial score (nSPS) is 16.0. The van der Waals surface area contributed by atoms with Crippen LogP contribution in [0.5, 0.6) is 5.75 Å². The fraction of sp³-hybridized carbons (Fsp3) is 0.304. The van der Waals surface area contributed by atoms with Crippen molar-refractivity contribution in [2.24, 2.45) is 5.92 Å². The summed E-state index contributed by atoms with van der Waals surface area (Å²) < 4.78 is 5.40. The zero-order valence-corrected chi connectivity index (χ0v) is 18.6. The number of ether oxygens (including phenoxy) is 1. The molecule has 5 nitrogen and oxygen atoms in total. The van der Waals surface area contributed by atoms with Crippen molar-refractivity contribution in [3.8, 4) is 16.3 Å². The summed E-state index contributed by atoms with van der Waals surface area (Å²) in [5.41, 5.74) is 3.74. The van der Waals surface area contributed by atoms with Crippen molar-refractivity contribution in [3.63, 3.8) is 0 Å². The third-order valence-electron chi connectivity index (χ3n) is 5.42. The second-order valence-electron chi connectivity index (χ2n) is 7.48. The second kappa shape index (κ2) is 9.06. The molecule has 1 amide bonds. The van der Waals surface area contributed by atoms with Gasteiger partial charge in [-0.25, -0.2) is 4.98 Å². The van der Waals surface area contributed by atoms with Crippen LogP contribution in [0.25, 0.3) is 10.6 Å². The number of benzene rings is 2. The Morgan fingerprint density at radius 3 is 3.00 bits per heavy atom. The Bertz CT molecular complexity index is 1050. The number of hydrogen-bond donors (Lipinski definition) is 1. The fourth-order valence-electron chi connectivity index (χ4n) is 3.79. The predicted octanol–water partition coefficient (Wildman–Crippen LogP) is 5.04. The summed E-state index contributed by atoms with van der Waals surface area (Å²) >= 11 is 7.62. The molecule has 1 aliphatic heterocycles. The van der Waals surface area contributed by atoms with Gasteiger partial charge in [0.15, 0.2) is 0 Å². The van der Waals surface area contributed by atoms with Gasteiger partial charge in [-0.2, -0.15) is 0 Å². The maximum absolute atomic E-state index is 12.6. The molecule has 3 aromatic rings. The lowest BCUT2D eigenvalue weighted by Gasteiger charge is -2.21. The van der Waals surface area contributed by atoms with Gasteiger partial charge in [-0.1, -0.05) is 29.8 Å². The number of halogens is 1. The third kappa shape index (κ3) is 4.45. The Balaban J connectivity index is 1.36. The number of nitrogens with one attached hydrogen (secondary N) is 1. The van der Waals surface area contributed by atoms with Crippen LogP contribution in [0.3, 0.4) is 0 Å². The van der Waals surface area contributed by atoms with Gasteiger partial charge in [0.1, 0.15) is 16.5 Å². The van der Waals surface area contributed by atoms with E-state index in [4.69, 9.17) is 16.3 Å². The first kappa shape index (κ1) is 20.7. The first-order valence-corrected chi connectivity index (χ1v) is 11.2. The largest absolute Gasteiger partial charge is 0.496 e. The topological polar surface area (TPSA) is 54.5 Å². The summed E-state index contributed by atoms with van der Waals surface area (Å²) in [5.74, 6) is 1.02. The molecule has 1 fully saturated rings. The summed E-state index contributed by atoms with van der Waals surface area (Å²) in [6.45, 7) is 4.61.